The molecule has 0 saturated carbocycles. The van der Waals surface area contributed by atoms with E-state index in [1.807, 2.05) is 0 Å². The Bertz CT molecular complexity index is 161. The first-order valence-corrected chi connectivity index (χ1v) is 5.64. The highest BCUT2D eigenvalue weighted by Gasteiger charge is 2.27. The highest BCUT2D eigenvalue weighted by molar-refractivity contribution is 4.80. The van der Waals surface area contributed by atoms with E-state index in [1.165, 1.54) is 0 Å². The molecule has 3 heteroatoms. The van der Waals surface area contributed by atoms with Crippen molar-refractivity contribution >= 4 is 0 Å². The van der Waals surface area contributed by atoms with Gasteiger partial charge in [-0.1, -0.05) is 13.8 Å². The van der Waals surface area contributed by atoms with Gasteiger partial charge in [-0.3, -0.25) is 0 Å². The van der Waals surface area contributed by atoms with Crippen molar-refractivity contribution in [3.8, 4) is 0 Å². The molecule has 0 aromatic heterocycles. The predicted molar refractivity (Wildman–Crippen MR) is 57.1 cm³/mol. The summed E-state index contributed by atoms with van der Waals surface area (Å²) in [4.78, 5) is 2.25. The third-order valence-corrected chi connectivity index (χ3v) is 2.97. The number of aliphatic hydroxyl groups is 2. The van der Waals surface area contributed by atoms with Crippen LogP contribution in [0.25, 0.3) is 0 Å². The molecule has 0 aromatic carbocycles. The summed E-state index contributed by atoms with van der Waals surface area (Å²) in [6.45, 7) is 7.23. The number of β-amino-alcohol motifs (C(OH)–C–C–N with tert-alkyl or cyclic N) is 1. The van der Waals surface area contributed by atoms with E-state index in [0.717, 1.165) is 32.5 Å². The van der Waals surface area contributed by atoms with Gasteiger partial charge in [0.15, 0.2) is 0 Å². The molecule has 0 aromatic rings. The molecule has 1 rings (SSSR count). The SMILES string of the molecule is CC(C)C[C@@H]1CN(CCO)CC[C@H]1O. The van der Waals surface area contributed by atoms with Crippen molar-refractivity contribution < 1.29 is 10.2 Å². The van der Waals surface area contributed by atoms with Gasteiger partial charge in [0, 0.05) is 19.6 Å². The molecule has 1 aliphatic rings. The second-order valence-electron chi connectivity index (χ2n) is 4.77. The Morgan fingerprint density at radius 2 is 2.14 bits per heavy atom. The Hall–Kier alpha value is -0.120. The Labute approximate surface area is 86.7 Å². The second-order valence-corrected chi connectivity index (χ2v) is 4.77. The van der Waals surface area contributed by atoms with Gasteiger partial charge in [0.2, 0.25) is 0 Å². The van der Waals surface area contributed by atoms with Gasteiger partial charge in [0.1, 0.15) is 0 Å². The molecule has 1 aliphatic heterocycles. The Balaban J connectivity index is 2.38. The molecule has 0 radical (unpaired) electrons. The maximum Gasteiger partial charge on any atom is 0.0592 e. The van der Waals surface area contributed by atoms with Crippen molar-refractivity contribution in [2.75, 3.05) is 26.2 Å². The molecule has 0 spiro atoms. The molecule has 1 saturated heterocycles. The zero-order valence-electron chi connectivity index (χ0n) is 9.32. The van der Waals surface area contributed by atoms with E-state index in [-0.39, 0.29) is 12.7 Å². The number of nitrogens with zero attached hydrogens (tertiary/aromatic N) is 1. The summed E-state index contributed by atoms with van der Waals surface area (Å²) in [6, 6.07) is 0. The van der Waals surface area contributed by atoms with Crippen LogP contribution in [0.4, 0.5) is 0 Å². The first-order chi connectivity index (χ1) is 6.63. The topological polar surface area (TPSA) is 43.7 Å². The van der Waals surface area contributed by atoms with E-state index < -0.39 is 0 Å². The quantitative estimate of drug-likeness (QED) is 0.704. The molecule has 3 nitrogen and oxygen atoms in total. The van der Waals surface area contributed by atoms with Crippen molar-refractivity contribution in [2.24, 2.45) is 11.8 Å². The average molecular weight is 201 g/mol. The number of hydrogen-bond acceptors (Lipinski definition) is 3. The largest absolute Gasteiger partial charge is 0.395 e. The fraction of sp³-hybridized carbons (Fsp3) is 1.00. The number of piperidine rings is 1. The van der Waals surface area contributed by atoms with E-state index in [9.17, 15) is 5.11 Å². The van der Waals surface area contributed by atoms with E-state index in [2.05, 4.69) is 18.7 Å². The van der Waals surface area contributed by atoms with Gasteiger partial charge < -0.3 is 15.1 Å². The number of aliphatic hydroxyl groups excluding tert-OH is 2. The van der Waals surface area contributed by atoms with Crippen molar-refractivity contribution in [3.05, 3.63) is 0 Å². The molecular weight excluding hydrogens is 178 g/mol. The lowest BCUT2D eigenvalue weighted by atomic mass is 9.87. The molecular formula is C11H23NO2. The van der Waals surface area contributed by atoms with E-state index >= 15 is 0 Å². The summed E-state index contributed by atoms with van der Waals surface area (Å²) in [5.74, 6) is 1.04. The summed E-state index contributed by atoms with van der Waals surface area (Å²) >= 11 is 0. The highest BCUT2D eigenvalue weighted by Crippen LogP contribution is 2.23. The van der Waals surface area contributed by atoms with Crippen LogP contribution in [0.2, 0.25) is 0 Å². The first kappa shape index (κ1) is 12.0. The van der Waals surface area contributed by atoms with Gasteiger partial charge in [-0.2, -0.15) is 0 Å². The fourth-order valence-electron chi connectivity index (χ4n) is 2.28. The van der Waals surface area contributed by atoms with Gasteiger partial charge in [0.25, 0.3) is 0 Å². The smallest absolute Gasteiger partial charge is 0.0592 e. The van der Waals surface area contributed by atoms with Crippen molar-refractivity contribution in [3.63, 3.8) is 0 Å². The van der Waals surface area contributed by atoms with E-state index in [4.69, 9.17) is 5.11 Å². The minimum absolute atomic E-state index is 0.132. The molecule has 0 unspecified atom stereocenters. The van der Waals surface area contributed by atoms with Crippen LogP contribution >= 0.6 is 0 Å². The van der Waals surface area contributed by atoms with Gasteiger partial charge in [-0.25, -0.2) is 0 Å². The van der Waals surface area contributed by atoms with Crippen molar-refractivity contribution in [2.45, 2.75) is 32.8 Å². The standard InChI is InChI=1S/C11H23NO2/c1-9(2)7-10-8-12(5-6-13)4-3-11(10)14/h9-11,13-14H,3-8H2,1-2H3/t10-,11-/m1/s1. The number of hydrogen-bond donors (Lipinski definition) is 2. The van der Waals surface area contributed by atoms with Gasteiger partial charge in [-0.05, 0) is 24.7 Å². The number of rotatable bonds is 4. The van der Waals surface area contributed by atoms with Crippen LogP contribution in [0.15, 0.2) is 0 Å². The van der Waals surface area contributed by atoms with E-state index in [0.29, 0.717) is 11.8 Å². The third kappa shape index (κ3) is 3.56. The Morgan fingerprint density at radius 3 is 2.71 bits per heavy atom. The van der Waals surface area contributed by atoms with Crippen molar-refractivity contribution in [1.29, 1.82) is 0 Å². The van der Waals surface area contributed by atoms with Crippen LogP contribution < -0.4 is 0 Å². The molecule has 0 bridgehead atoms. The molecule has 0 aliphatic carbocycles. The van der Waals surface area contributed by atoms with Gasteiger partial charge in [0.05, 0.1) is 12.7 Å². The minimum Gasteiger partial charge on any atom is -0.395 e. The van der Waals surface area contributed by atoms with Crippen LogP contribution in [0.3, 0.4) is 0 Å². The summed E-state index contributed by atoms with van der Waals surface area (Å²) in [5.41, 5.74) is 0. The fourth-order valence-corrected chi connectivity index (χ4v) is 2.28. The molecule has 1 heterocycles. The van der Waals surface area contributed by atoms with Crippen molar-refractivity contribution in [1.82, 2.24) is 4.90 Å². The summed E-state index contributed by atoms with van der Waals surface area (Å²) in [6.07, 6.45) is 1.81. The van der Waals surface area contributed by atoms with Gasteiger partial charge in [-0.15, -0.1) is 0 Å². The first-order valence-electron chi connectivity index (χ1n) is 5.64. The lowest BCUT2D eigenvalue weighted by Crippen LogP contribution is -2.44. The lowest BCUT2D eigenvalue weighted by molar-refractivity contribution is 0.0126. The number of likely N-dealkylation sites (tertiary alicyclic amines) is 1. The van der Waals surface area contributed by atoms with Crippen LogP contribution in [-0.4, -0.2) is 47.5 Å². The summed E-state index contributed by atoms with van der Waals surface area (Å²) in [7, 11) is 0. The minimum atomic E-state index is -0.132. The predicted octanol–water partition coefficient (Wildman–Crippen LogP) is 0.708. The second kappa shape index (κ2) is 5.69. The molecule has 2 atom stereocenters. The van der Waals surface area contributed by atoms with Crippen LogP contribution in [0, 0.1) is 11.8 Å². The maximum absolute atomic E-state index is 9.81. The average Bonchev–Trinajstić information content (AvgIpc) is 2.10. The maximum atomic E-state index is 9.81. The lowest BCUT2D eigenvalue weighted by Gasteiger charge is -2.36. The highest BCUT2D eigenvalue weighted by atomic mass is 16.3. The zero-order chi connectivity index (χ0) is 10.6. The molecule has 1 fully saturated rings. The monoisotopic (exact) mass is 201 g/mol. The van der Waals surface area contributed by atoms with Crippen LogP contribution in [-0.2, 0) is 0 Å². The Kier molecular flexibility index (Phi) is 4.85. The van der Waals surface area contributed by atoms with Gasteiger partial charge >= 0.3 is 0 Å². The molecule has 0 amide bonds. The molecule has 84 valence electrons. The molecule has 2 N–H and O–H groups in total. The third-order valence-electron chi connectivity index (χ3n) is 2.97. The zero-order valence-corrected chi connectivity index (χ0v) is 9.32. The van der Waals surface area contributed by atoms with Crippen LogP contribution in [0.5, 0.6) is 0 Å². The van der Waals surface area contributed by atoms with Crippen LogP contribution in [0.1, 0.15) is 26.7 Å². The molecule has 14 heavy (non-hydrogen) atoms. The summed E-state index contributed by atoms with van der Waals surface area (Å²) < 4.78 is 0. The Morgan fingerprint density at radius 1 is 1.43 bits per heavy atom. The normalized spacial score (nSPS) is 29.8. The van der Waals surface area contributed by atoms with E-state index in [1.54, 1.807) is 0 Å². The summed E-state index contributed by atoms with van der Waals surface area (Å²) in [5, 5.41) is 18.7.